The molecular formula is C20H29NO5. The number of aliphatic carboxylic acids is 1. The van der Waals surface area contributed by atoms with Gasteiger partial charge in [0.15, 0.2) is 0 Å². The number of carbonyl (C=O) groups is 3. The van der Waals surface area contributed by atoms with Crippen molar-refractivity contribution in [2.24, 2.45) is 5.92 Å². The molecule has 0 fully saturated rings. The Morgan fingerprint density at radius 3 is 2.35 bits per heavy atom. The van der Waals surface area contributed by atoms with Crippen LogP contribution in [0.5, 0.6) is 0 Å². The molecule has 6 heteroatoms. The maximum Gasteiger partial charge on any atom is 0.307 e. The summed E-state index contributed by atoms with van der Waals surface area (Å²) < 4.78 is 5.21. The molecule has 1 amide bonds. The third-order valence-electron chi connectivity index (χ3n) is 3.66. The van der Waals surface area contributed by atoms with Crippen molar-refractivity contribution >= 4 is 17.8 Å². The number of hydrogen-bond acceptors (Lipinski definition) is 4. The quantitative estimate of drug-likeness (QED) is 0.492. The van der Waals surface area contributed by atoms with Crippen LogP contribution in [0.4, 0.5) is 0 Å². The molecule has 0 aliphatic rings. The molecule has 26 heavy (non-hydrogen) atoms. The maximum atomic E-state index is 12.0. The van der Waals surface area contributed by atoms with Gasteiger partial charge in [-0.2, -0.15) is 0 Å². The summed E-state index contributed by atoms with van der Waals surface area (Å²) in [5, 5.41) is 12.0. The highest BCUT2D eigenvalue weighted by atomic mass is 16.6. The standard InChI is InChI=1S/C20H29NO5/c1-20(2,3)26-18(23)11-7-8-12-21-17(22)14-16(19(24)25)13-15-9-5-4-6-10-15/h4-6,9-10,16H,7-8,11-14H2,1-3H3,(H,21,22)(H,24,25). The van der Waals surface area contributed by atoms with Gasteiger partial charge in [0, 0.05) is 19.4 Å². The second-order valence-electron chi connectivity index (χ2n) is 7.32. The molecule has 0 saturated carbocycles. The van der Waals surface area contributed by atoms with Crippen LogP contribution in [-0.4, -0.2) is 35.1 Å². The Morgan fingerprint density at radius 2 is 1.77 bits per heavy atom. The molecule has 6 nitrogen and oxygen atoms in total. The summed E-state index contributed by atoms with van der Waals surface area (Å²) in [6.07, 6.45) is 1.82. The molecule has 0 bridgehead atoms. The topological polar surface area (TPSA) is 92.7 Å². The molecule has 0 heterocycles. The minimum absolute atomic E-state index is 0.0592. The molecule has 1 atom stereocenters. The van der Waals surface area contributed by atoms with Crippen molar-refractivity contribution in [1.82, 2.24) is 5.32 Å². The summed E-state index contributed by atoms with van der Waals surface area (Å²) in [5.41, 5.74) is 0.403. The minimum atomic E-state index is -0.978. The highest BCUT2D eigenvalue weighted by molar-refractivity contribution is 5.82. The number of unbranched alkanes of at least 4 members (excludes halogenated alkanes) is 1. The number of benzene rings is 1. The van der Waals surface area contributed by atoms with Crippen LogP contribution in [0, 0.1) is 5.92 Å². The summed E-state index contributed by atoms with van der Waals surface area (Å²) in [4.78, 5) is 34.9. The second-order valence-corrected chi connectivity index (χ2v) is 7.32. The van der Waals surface area contributed by atoms with Crippen LogP contribution in [-0.2, 0) is 25.5 Å². The van der Waals surface area contributed by atoms with Crippen LogP contribution in [0.2, 0.25) is 0 Å². The number of hydrogen-bond donors (Lipinski definition) is 2. The van der Waals surface area contributed by atoms with Crippen molar-refractivity contribution in [3.63, 3.8) is 0 Å². The summed E-state index contributed by atoms with van der Waals surface area (Å²) in [5.74, 6) is -2.27. The number of ether oxygens (including phenoxy) is 1. The van der Waals surface area contributed by atoms with E-state index in [1.807, 2.05) is 51.1 Å². The van der Waals surface area contributed by atoms with Gasteiger partial charge in [0.05, 0.1) is 5.92 Å². The zero-order chi connectivity index (χ0) is 19.6. The van der Waals surface area contributed by atoms with Crippen LogP contribution in [0.1, 0.15) is 52.0 Å². The highest BCUT2D eigenvalue weighted by Crippen LogP contribution is 2.13. The largest absolute Gasteiger partial charge is 0.481 e. The lowest BCUT2D eigenvalue weighted by atomic mass is 9.96. The van der Waals surface area contributed by atoms with Gasteiger partial charge in [0.1, 0.15) is 5.60 Å². The monoisotopic (exact) mass is 363 g/mol. The zero-order valence-corrected chi connectivity index (χ0v) is 15.8. The van der Waals surface area contributed by atoms with Crippen molar-refractivity contribution in [3.8, 4) is 0 Å². The SMILES string of the molecule is CC(C)(C)OC(=O)CCCCNC(=O)CC(Cc1ccccc1)C(=O)O. The maximum absolute atomic E-state index is 12.0. The average molecular weight is 363 g/mol. The smallest absolute Gasteiger partial charge is 0.307 e. The van der Waals surface area contributed by atoms with Gasteiger partial charge in [0.2, 0.25) is 5.91 Å². The molecule has 0 spiro atoms. The normalized spacial score (nSPS) is 12.3. The van der Waals surface area contributed by atoms with E-state index in [0.717, 1.165) is 5.56 Å². The third-order valence-corrected chi connectivity index (χ3v) is 3.66. The Hall–Kier alpha value is -2.37. The molecule has 0 radical (unpaired) electrons. The highest BCUT2D eigenvalue weighted by Gasteiger charge is 2.21. The first-order chi connectivity index (χ1) is 12.2. The summed E-state index contributed by atoms with van der Waals surface area (Å²) in [6, 6.07) is 9.26. The molecule has 1 aromatic rings. The predicted octanol–water partition coefficient (Wildman–Crippen LogP) is 2.95. The van der Waals surface area contributed by atoms with Crippen molar-refractivity contribution in [3.05, 3.63) is 35.9 Å². The molecule has 0 saturated heterocycles. The fourth-order valence-corrected chi connectivity index (χ4v) is 2.46. The first-order valence-electron chi connectivity index (χ1n) is 8.92. The van der Waals surface area contributed by atoms with E-state index in [1.54, 1.807) is 0 Å². The molecule has 0 aromatic heterocycles. The number of esters is 1. The van der Waals surface area contributed by atoms with E-state index in [1.165, 1.54) is 0 Å². The molecule has 1 unspecified atom stereocenters. The second kappa shape index (κ2) is 10.6. The molecular weight excluding hydrogens is 334 g/mol. The lowest BCUT2D eigenvalue weighted by molar-refractivity contribution is -0.155. The molecule has 0 aliphatic carbocycles. The Balaban J connectivity index is 2.27. The van der Waals surface area contributed by atoms with E-state index in [9.17, 15) is 19.5 Å². The minimum Gasteiger partial charge on any atom is -0.481 e. The van der Waals surface area contributed by atoms with E-state index in [4.69, 9.17) is 4.74 Å². The molecule has 2 N–H and O–H groups in total. The first-order valence-corrected chi connectivity index (χ1v) is 8.92. The predicted molar refractivity (Wildman–Crippen MR) is 98.6 cm³/mol. The molecule has 1 aromatic carbocycles. The van der Waals surface area contributed by atoms with Gasteiger partial charge in [-0.15, -0.1) is 0 Å². The van der Waals surface area contributed by atoms with Crippen LogP contribution in [0.25, 0.3) is 0 Å². The third kappa shape index (κ3) is 9.81. The summed E-state index contributed by atoms with van der Waals surface area (Å²) >= 11 is 0. The van der Waals surface area contributed by atoms with Gasteiger partial charge in [-0.1, -0.05) is 30.3 Å². The lowest BCUT2D eigenvalue weighted by Gasteiger charge is -2.19. The number of carboxylic acids is 1. The van der Waals surface area contributed by atoms with Gasteiger partial charge >= 0.3 is 11.9 Å². The Bertz CT molecular complexity index is 592. The van der Waals surface area contributed by atoms with Crippen LogP contribution in [0.15, 0.2) is 30.3 Å². The molecule has 144 valence electrons. The van der Waals surface area contributed by atoms with E-state index >= 15 is 0 Å². The summed E-state index contributed by atoms with van der Waals surface area (Å²) in [7, 11) is 0. The van der Waals surface area contributed by atoms with Crippen LogP contribution in [0.3, 0.4) is 0 Å². The molecule has 0 aliphatic heterocycles. The van der Waals surface area contributed by atoms with Crippen molar-refractivity contribution in [2.75, 3.05) is 6.54 Å². The lowest BCUT2D eigenvalue weighted by Crippen LogP contribution is -2.30. The van der Waals surface area contributed by atoms with Crippen LogP contribution >= 0.6 is 0 Å². The average Bonchev–Trinajstić information content (AvgIpc) is 2.53. The zero-order valence-electron chi connectivity index (χ0n) is 15.8. The Kier molecular flexibility index (Phi) is 8.82. The number of carboxylic acid groups (broad SMARTS) is 1. The van der Waals surface area contributed by atoms with E-state index in [0.29, 0.717) is 32.2 Å². The molecule has 1 rings (SSSR count). The number of nitrogens with one attached hydrogen (secondary N) is 1. The van der Waals surface area contributed by atoms with Crippen LogP contribution < -0.4 is 5.32 Å². The Morgan fingerprint density at radius 1 is 1.12 bits per heavy atom. The van der Waals surface area contributed by atoms with E-state index in [-0.39, 0.29) is 18.3 Å². The van der Waals surface area contributed by atoms with Crippen molar-refractivity contribution < 1.29 is 24.2 Å². The Labute approximate surface area is 154 Å². The van der Waals surface area contributed by atoms with Gasteiger partial charge < -0.3 is 15.2 Å². The van der Waals surface area contributed by atoms with Gasteiger partial charge in [-0.3, -0.25) is 14.4 Å². The fourth-order valence-electron chi connectivity index (χ4n) is 2.46. The van der Waals surface area contributed by atoms with Crippen molar-refractivity contribution in [1.29, 1.82) is 0 Å². The first kappa shape index (κ1) is 21.7. The number of rotatable bonds is 10. The van der Waals surface area contributed by atoms with E-state index in [2.05, 4.69) is 5.32 Å². The number of amides is 1. The van der Waals surface area contributed by atoms with Gasteiger partial charge in [-0.05, 0) is 45.6 Å². The fraction of sp³-hybridized carbons (Fsp3) is 0.550. The number of carbonyl (C=O) groups excluding carboxylic acids is 2. The van der Waals surface area contributed by atoms with Crippen molar-refractivity contribution in [2.45, 2.75) is 58.5 Å². The van der Waals surface area contributed by atoms with Gasteiger partial charge in [-0.25, -0.2) is 0 Å². The van der Waals surface area contributed by atoms with Gasteiger partial charge in [0.25, 0.3) is 0 Å². The summed E-state index contributed by atoms with van der Waals surface area (Å²) in [6.45, 7) is 5.87. The van der Waals surface area contributed by atoms with E-state index < -0.39 is 17.5 Å².